The van der Waals surface area contributed by atoms with Crippen LogP contribution < -0.4 is 5.32 Å². The molecule has 1 unspecified atom stereocenters. The van der Waals surface area contributed by atoms with E-state index in [4.69, 9.17) is 0 Å². The summed E-state index contributed by atoms with van der Waals surface area (Å²) in [6.45, 7) is 7.29. The highest BCUT2D eigenvalue weighted by Crippen LogP contribution is 2.20. The minimum Gasteiger partial charge on any atom is -0.356 e. The molecule has 0 spiro atoms. The van der Waals surface area contributed by atoms with Crippen molar-refractivity contribution in [2.24, 2.45) is 0 Å². The molecule has 1 aromatic carbocycles. The molecular weight excluding hydrogens is 265 g/mol. The number of nitrogens with one attached hydrogen (secondary N) is 1. The van der Waals surface area contributed by atoms with Gasteiger partial charge in [0, 0.05) is 18.8 Å². The molecule has 21 heavy (non-hydrogen) atoms. The molecule has 1 atom stereocenters. The van der Waals surface area contributed by atoms with E-state index in [1.54, 1.807) is 0 Å². The Hall–Kier alpha value is -1.84. The zero-order valence-corrected chi connectivity index (χ0v) is 13.1. The third kappa shape index (κ3) is 4.31. The Morgan fingerprint density at radius 1 is 1.29 bits per heavy atom. The number of hydrogen-bond donors (Lipinski definition) is 1. The van der Waals surface area contributed by atoms with E-state index in [9.17, 15) is 4.39 Å². The van der Waals surface area contributed by atoms with Gasteiger partial charge >= 0.3 is 0 Å². The second-order valence-corrected chi connectivity index (χ2v) is 5.57. The number of nitrogens with zero attached hydrogens (tertiary/aromatic N) is 2. The first-order valence-corrected chi connectivity index (χ1v) is 7.64. The molecule has 114 valence electrons. The van der Waals surface area contributed by atoms with Crippen LogP contribution in [-0.2, 0) is 6.42 Å². The van der Waals surface area contributed by atoms with Crippen LogP contribution >= 0.6 is 0 Å². The Morgan fingerprint density at radius 2 is 2.00 bits per heavy atom. The summed E-state index contributed by atoms with van der Waals surface area (Å²) in [4.78, 5) is 4.55. The van der Waals surface area contributed by atoms with Crippen molar-refractivity contribution >= 4 is 5.95 Å². The van der Waals surface area contributed by atoms with E-state index in [0.717, 1.165) is 43.0 Å². The minimum atomic E-state index is -0.188. The fourth-order valence-electron chi connectivity index (χ4n) is 2.42. The summed E-state index contributed by atoms with van der Waals surface area (Å²) in [7, 11) is 0. The third-order valence-corrected chi connectivity index (χ3v) is 3.59. The van der Waals surface area contributed by atoms with Gasteiger partial charge < -0.3 is 9.88 Å². The van der Waals surface area contributed by atoms with Gasteiger partial charge in [-0.3, -0.25) is 0 Å². The standard InChI is InChI=1S/C17H24FN3/c1-4-5-10-19-17-20-13(2)12-21(17)14(3)11-15-6-8-16(18)9-7-15/h6-9,12,14H,4-5,10-11H2,1-3H3,(H,19,20). The lowest BCUT2D eigenvalue weighted by Crippen LogP contribution is -2.13. The lowest BCUT2D eigenvalue weighted by Gasteiger charge is -2.17. The van der Waals surface area contributed by atoms with E-state index in [0.29, 0.717) is 0 Å². The van der Waals surface area contributed by atoms with Crippen LogP contribution in [-0.4, -0.2) is 16.1 Å². The van der Waals surface area contributed by atoms with Crippen LogP contribution in [0.5, 0.6) is 0 Å². The number of halogens is 1. The maximum atomic E-state index is 13.0. The summed E-state index contributed by atoms with van der Waals surface area (Å²) < 4.78 is 15.1. The van der Waals surface area contributed by atoms with Gasteiger partial charge in [0.1, 0.15) is 5.82 Å². The number of aryl methyl sites for hydroxylation is 1. The smallest absolute Gasteiger partial charge is 0.203 e. The van der Waals surface area contributed by atoms with Crippen LogP contribution in [0.1, 0.15) is 44.0 Å². The summed E-state index contributed by atoms with van der Waals surface area (Å²) in [5.41, 5.74) is 2.15. The monoisotopic (exact) mass is 289 g/mol. The van der Waals surface area contributed by atoms with Gasteiger partial charge in [0.2, 0.25) is 5.95 Å². The van der Waals surface area contributed by atoms with Gasteiger partial charge in [-0.25, -0.2) is 9.37 Å². The molecule has 0 bridgehead atoms. The molecule has 1 heterocycles. The normalized spacial score (nSPS) is 12.4. The first-order chi connectivity index (χ1) is 10.1. The molecule has 0 saturated carbocycles. The summed E-state index contributed by atoms with van der Waals surface area (Å²) >= 11 is 0. The van der Waals surface area contributed by atoms with E-state index in [1.807, 2.05) is 19.1 Å². The Kier molecular flexibility index (Phi) is 5.37. The van der Waals surface area contributed by atoms with Gasteiger partial charge in [0.15, 0.2) is 0 Å². The zero-order chi connectivity index (χ0) is 15.2. The lowest BCUT2D eigenvalue weighted by atomic mass is 10.1. The average Bonchev–Trinajstić information content (AvgIpc) is 2.83. The molecule has 0 aliphatic carbocycles. The molecule has 2 aromatic rings. The van der Waals surface area contributed by atoms with Gasteiger partial charge in [-0.1, -0.05) is 25.5 Å². The molecule has 2 rings (SSSR count). The molecule has 0 amide bonds. The van der Waals surface area contributed by atoms with Crippen LogP contribution in [0.2, 0.25) is 0 Å². The molecule has 0 saturated heterocycles. The molecule has 0 aliphatic heterocycles. The van der Waals surface area contributed by atoms with Crippen LogP contribution in [0.15, 0.2) is 30.5 Å². The Morgan fingerprint density at radius 3 is 2.67 bits per heavy atom. The average molecular weight is 289 g/mol. The third-order valence-electron chi connectivity index (χ3n) is 3.59. The minimum absolute atomic E-state index is 0.188. The Labute approximate surface area is 126 Å². The maximum Gasteiger partial charge on any atom is 0.203 e. The summed E-state index contributed by atoms with van der Waals surface area (Å²) in [5.74, 6) is 0.738. The highest BCUT2D eigenvalue weighted by Gasteiger charge is 2.12. The largest absolute Gasteiger partial charge is 0.356 e. The molecule has 0 radical (unpaired) electrons. The van der Waals surface area contributed by atoms with Crippen molar-refractivity contribution in [2.75, 3.05) is 11.9 Å². The molecule has 0 aliphatic rings. The van der Waals surface area contributed by atoms with Crippen LogP contribution in [0.4, 0.5) is 10.3 Å². The van der Waals surface area contributed by atoms with Gasteiger partial charge in [-0.15, -0.1) is 0 Å². The van der Waals surface area contributed by atoms with Crippen LogP contribution in [0.3, 0.4) is 0 Å². The molecule has 4 heteroatoms. The zero-order valence-electron chi connectivity index (χ0n) is 13.1. The number of benzene rings is 1. The van der Waals surface area contributed by atoms with Crippen molar-refractivity contribution in [2.45, 2.75) is 46.1 Å². The predicted molar refractivity (Wildman–Crippen MR) is 85.2 cm³/mol. The number of hydrogen-bond acceptors (Lipinski definition) is 2. The van der Waals surface area contributed by atoms with Crippen molar-refractivity contribution in [1.82, 2.24) is 9.55 Å². The summed E-state index contributed by atoms with van der Waals surface area (Å²) in [6, 6.07) is 7.00. The summed E-state index contributed by atoms with van der Waals surface area (Å²) in [6.07, 6.45) is 5.23. The first-order valence-electron chi connectivity index (χ1n) is 7.64. The number of unbranched alkanes of at least 4 members (excludes halogenated alkanes) is 1. The first kappa shape index (κ1) is 15.5. The van der Waals surface area contributed by atoms with E-state index in [-0.39, 0.29) is 11.9 Å². The molecule has 1 N–H and O–H groups in total. The van der Waals surface area contributed by atoms with Crippen LogP contribution in [0, 0.1) is 12.7 Å². The van der Waals surface area contributed by atoms with E-state index in [2.05, 4.69) is 34.9 Å². The number of aromatic nitrogens is 2. The number of rotatable bonds is 7. The Balaban J connectivity index is 2.07. The molecule has 1 aromatic heterocycles. The fraction of sp³-hybridized carbons (Fsp3) is 0.471. The van der Waals surface area contributed by atoms with Crippen molar-refractivity contribution in [3.8, 4) is 0 Å². The molecule has 3 nitrogen and oxygen atoms in total. The highest BCUT2D eigenvalue weighted by molar-refractivity contribution is 5.30. The topological polar surface area (TPSA) is 29.9 Å². The van der Waals surface area contributed by atoms with E-state index in [1.165, 1.54) is 12.1 Å². The van der Waals surface area contributed by atoms with Gasteiger partial charge in [0.25, 0.3) is 0 Å². The van der Waals surface area contributed by atoms with Crippen molar-refractivity contribution in [3.63, 3.8) is 0 Å². The summed E-state index contributed by atoms with van der Waals surface area (Å²) in [5, 5.41) is 3.40. The SMILES string of the molecule is CCCCNc1nc(C)cn1C(C)Cc1ccc(F)cc1. The van der Waals surface area contributed by atoms with Gasteiger partial charge in [-0.2, -0.15) is 0 Å². The molecule has 0 fully saturated rings. The fourth-order valence-corrected chi connectivity index (χ4v) is 2.42. The van der Waals surface area contributed by atoms with Crippen LogP contribution in [0.25, 0.3) is 0 Å². The van der Waals surface area contributed by atoms with Gasteiger partial charge in [0.05, 0.1) is 5.69 Å². The highest BCUT2D eigenvalue weighted by atomic mass is 19.1. The lowest BCUT2D eigenvalue weighted by molar-refractivity contribution is 0.547. The second-order valence-electron chi connectivity index (χ2n) is 5.57. The van der Waals surface area contributed by atoms with E-state index < -0.39 is 0 Å². The quantitative estimate of drug-likeness (QED) is 0.768. The second kappa shape index (κ2) is 7.25. The van der Waals surface area contributed by atoms with E-state index >= 15 is 0 Å². The number of anilines is 1. The predicted octanol–water partition coefficient (Wildman–Crippen LogP) is 4.35. The van der Waals surface area contributed by atoms with Crippen molar-refractivity contribution < 1.29 is 4.39 Å². The van der Waals surface area contributed by atoms with Crippen molar-refractivity contribution in [3.05, 3.63) is 47.5 Å². The maximum absolute atomic E-state index is 13.0. The Bertz CT molecular complexity index is 560. The van der Waals surface area contributed by atoms with Gasteiger partial charge in [-0.05, 0) is 44.4 Å². The van der Waals surface area contributed by atoms with Crippen molar-refractivity contribution in [1.29, 1.82) is 0 Å². The number of imidazole rings is 1. The molecular formula is C17H24FN3.